The molecule has 0 unspecified atom stereocenters. The number of nitrogens with zero attached hydrogens (tertiary/aromatic N) is 1. The summed E-state index contributed by atoms with van der Waals surface area (Å²) in [5, 5.41) is 12.2. The topological polar surface area (TPSA) is 52.9 Å². The zero-order chi connectivity index (χ0) is 12.3. The molecule has 2 rings (SSSR count). The maximum atomic E-state index is 11.9. The second kappa shape index (κ2) is 5.03. The van der Waals surface area contributed by atoms with Crippen LogP contribution in [-0.2, 0) is 4.79 Å². The number of halogens is 1. The highest BCUT2D eigenvalue weighted by Gasteiger charge is 2.20. The number of rotatable bonds is 2. The van der Waals surface area contributed by atoms with Crippen LogP contribution in [0.5, 0.6) is 0 Å². The minimum Gasteiger partial charge on any atom is -0.322 e. The van der Waals surface area contributed by atoms with Crippen molar-refractivity contribution in [1.29, 1.82) is 5.26 Å². The molecule has 0 fully saturated rings. The molecule has 1 aromatic rings. The van der Waals surface area contributed by atoms with Gasteiger partial charge in [-0.1, -0.05) is 17.7 Å². The van der Waals surface area contributed by atoms with Crippen LogP contribution in [-0.4, -0.2) is 5.91 Å². The number of anilines is 1. The largest absolute Gasteiger partial charge is 0.322 e. The average Bonchev–Trinajstić information content (AvgIpc) is 2.77. The highest BCUT2D eigenvalue weighted by Crippen LogP contribution is 2.26. The van der Waals surface area contributed by atoms with Crippen molar-refractivity contribution < 1.29 is 4.79 Å². The molecule has 0 saturated heterocycles. The molecule has 86 valence electrons. The lowest BCUT2D eigenvalue weighted by Crippen LogP contribution is -2.14. The summed E-state index contributed by atoms with van der Waals surface area (Å²) in [5.41, 5.74) is 1.86. The first-order valence-corrected chi connectivity index (χ1v) is 5.77. The molecule has 0 aromatic heterocycles. The van der Waals surface area contributed by atoms with Crippen molar-refractivity contribution in [2.45, 2.75) is 19.3 Å². The SMILES string of the molecule is N#CC1=C(C(=O)Nc2cccc(Cl)c2)CCC1. The molecule has 0 aliphatic heterocycles. The van der Waals surface area contributed by atoms with Gasteiger partial charge in [-0.25, -0.2) is 0 Å². The predicted octanol–water partition coefficient (Wildman–Crippen LogP) is 3.28. The predicted molar refractivity (Wildman–Crippen MR) is 66.6 cm³/mol. The normalized spacial score (nSPS) is 14.6. The molecule has 4 heteroatoms. The fraction of sp³-hybridized carbons (Fsp3) is 0.231. The van der Waals surface area contributed by atoms with Crippen molar-refractivity contribution in [3.05, 3.63) is 40.4 Å². The molecule has 1 N–H and O–H groups in total. The molecule has 3 nitrogen and oxygen atoms in total. The average molecular weight is 247 g/mol. The van der Waals surface area contributed by atoms with Gasteiger partial charge in [0.05, 0.1) is 6.07 Å². The molecule has 1 aliphatic rings. The van der Waals surface area contributed by atoms with Gasteiger partial charge in [0.2, 0.25) is 0 Å². The van der Waals surface area contributed by atoms with Gasteiger partial charge in [0.1, 0.15) is 0 Å². The number of hydrogen-bond acceptors (Lipinski definition) is 2. The van der Waals surface area contributed by atoms with E-state index in [0.717, 1.165) is 6.42 Å². The van der Waals surface area contributed by atoms with Crippen LogP contribution in [0.3, 0.4) is 0 Å². The van der Waals surface area contributed by atoms with Gasteiger partial charge in [0.15, 0.2) is 0 Å². The molecule has 17 heavy (non-hydrogen) atoms. The van der Waals surface area contributed by atoms with E-state index in [1.807, 2.05) is 0 Å². The van der Waals surface area contributed by atoms with Crippen molar-refractivity contribution in [3.8, 4) is 6.07 Å². The standard InChI is InChI=1S/C13H11ClN2O/c14-10-4-2-5-11(7-10)16-13(17)12-6-1-3-9(12)8-15/h2,4-5,7H,1,3,6H2,(H,16,17). The highest BCUT2D eigenvalue weighted by molar-refractivity contribution is 6.30. The first kappa shape index (κ1) is 11.7. The molecule has 1 aromatic carbocycles. The Hall–Kier alpha value is -1.79. The third-order valence-corrected chi connectivity index (χ3v) is 2.94. The van der Waals surface area contributed by atoms with E-state index in [9.17, 15) is 4.79 Å². The van der Waals surface area contributed by atoms with E-state index < -0.39 is 0 Å². The van der Waals surface area contributed by atoms with Crippen LogP contribution in [0.4, 0.5) is 5.69 Å². The van der Waals surface area contributed by atoms with Gasteiger partial charge in [-0.3, -0.25) is 4.79 Å². The minimum atomic E-state index is -0.193. The van der Waals surface area contributed by atoms with Crippen LogP contribution in [0, 0.1) is 11.3 Å². The first-order valence-electron chi connectivity index (χ1n) is 5.40. The molecular formula is C13H11ClN2O. The molecule has 0 heterocycles. The zero-order valence-corrected chi connectivity index (χ0v) is 9.92. The van der Waals surface area contributed by atoms with Gasteiger partial charge in [0, 0.05) is 21.9 Å². The number of carbonyl (C=O) groups is 1. The van der Waals surface area contributed by atoms with E-state index >= 15 is 0 Å². The van der Waals surface area contributed by atoms with Crippen molar-refractivity contribution in [3.63, 3.8) is 0 Å². The molecule has 0 saturated carbocycles. The number of hydrogen-bond donors (Lipinski definition) is 1. The number of benzene rings is 1. The fourth-order valence-corrected chi connectivity index (χ4v) is 2.08. The van der Waals surface area contributed by atoms with Gasteiger partial charge in [0.25, 0.3) is 5.91 Å². The van der Waals surface area contributed by atoms with E-state index in [-0.39, 0.29) is 5.91 Å². The van der Waals surface area contributed by atoms with Gasteiger partial charge in [-0.2, -0.15) is 5.26 Å². The lowest BCUT2D eigenvalue weighted by molar-refractivity contribution is -0.112. The Balaban J connectivity index is 2.15. The van der Waals surface area contributed by atoms with Crippen molar-refractivity contribution in [2.24, 2.45) is 0 Å². The summed E-state index contributed by atoms with van der Waals surface area (Å²) in [5.74, 6) is -0.193. The summed E-state index contributed by atoms with van der Waals surface area (Å²) in [6.07, 6.45) is 2.26. The summed E-state index contributed by atoms with van der Waals surface area (Å²) in [6, 6.07) is 9.05. The van der Waals surface area contributed by atoms with E-state index in [4.69, 9.17) is 16.9 Å². The van der Waals surface area contributed by atoms with Crippen LogP contribution in [0.15, 0.2) is 35.4 Å². The van der Waals surface area contributed by atoms with Gasteiger partial charge >= 0.3 is 0 Å². The lowest BCUT2D eigenvalue weighted by Gasteiger charge is -2.06. The molecule has 0 bridgehead atoms. The second-order valence-corrected chi connectivity index (χ2v) is 4.32. The molecule has 0 atom stereocenters. The monoisotopic (exact) mass is 246 g/mol. The van der Waals surface area contributed by atoms with Crippen LogP contribution in [0.2, 0.25) is 5.02 Å². The quantitative estimate of drug-likeness (QED) is 0.871. The molecule has 0 radical (unpaired) electrons. The van der Waals surface area contributed by atoms with Crippen LogP contribution >= 0.6 is 11.6 Å². The number of allylic oxidation sites excluding steroid dienone is 1. The van der Waals surface area contributed by atoms with Crippen LogP contribution < -0.4 is 5.32 Å². The Morgan fingerprint density at radius 1 is 1.41 bits per heavy atom. The van der Waals surface area contributed by atoms with Gasteiger partial charge < -0.3 is 5.32 Å². The minimum absolute atomic E-state index is 0.193. The zero-order valence-electron chi connectivity index (χ0n) is 9.16. The number of nitrogens with one attached hydrogen (secondary N) is 1. The highest BCUT2D eigenvalue weighted by atomic mass is 35.5. The fourth-order valence-electron chi connectivity index (χ4n) is 1.89. The number of nitriles is 1. The number of carbonyl (C=O) groups excluding carboxylic acids is 1. The van der Waals surface area contributed by atoms with E-state index in [2.05, 4.69) is 11.4 Å². The Kier molecular flexibility index (Phi) is 3.46. The van der Waals surface area contributed by atoms with Crippen molar-refractivity contribution >= 4 is 23.2 Å². The molecule has 0 spiro atoms. The Morgan fingerprint density at radius 2 is 2.24 bits per heavy atom. The molecule has 1 amide bonds. The maximum absolute atomic E-state index is 11.9. The van der Waals surface area contributed by atoms with E-state index in [1.54, 1.807) is 24.3 Å². The van der Waals surface area contributed by atoms with Crippen LogP contribution in [0.25, 0.3) is 0 Å². The summed E-state index contributed by atoms with van der Waals surface area (Å²) >= 11 is 5.83. The van der Waals surface area contributed by atoms with Crippen molar-refractivity contribution in [1.82, 2.24) is 0 Å². The van der Waals surface area contributed by atoms with Gasteiger partial charge in [-0.15, -0.1) is 0 Å². The maximum Gasteiger partial charge on any atom is 0.252 e. The Bertz CT molecular complexity index is 528. The Labute approximate surface area is 105 Å². The van der Waals surface area contributed by atoms with Crippen molar-refractivity contribution in [2.75, 3.05) is 5.32 Å². The van der Waals surface area contributed by atoms with E-state index in [1.165, 1.54) is 0 Å². The third-order valence-electron chi connectivity index (χ3n) is 2.71. The molecular weight excluding hydrogens is 236 g/mol. The molecule has 1 aliphatic carbocycles. The lowest BCUT2D eigenvalue weighted by atomic mass is 10.1. The summed E-state index contributed by atoms with van der Waals surface area (Å²) < 4.78 is 0. The van der Waals surface area contributed by atoms with Gasteiger partial charge in [-0.05, 0) is 37.5 Å². The smallest absolute Gasteiger partial charge is 0.252 e. The van der Waals surface area contributed by atoms with Crippen LogP contribution in [0.1, 0.15) is 19.3 Å². The first-order chi connectivity index (χ1) is 8.20. The third kappa shape index (κ3) is 2.66. The summed E-state index contributed by atoms with van der Waals surface area (Å²) in [7, 11) is 0. The summed E-state index contributed by atoms with van der Waals surface area (Å²) in [4.78, 5) is 11.9. The summed E-state index contributed by atoms with van der Waals surface area (Å²) in [6.45, 7) is 0. The Morgan fingerprint density at radius 3 is 2.94 bits per heavy atom. The second-order valence-electron chi connectivity index (χ2n) is 3.89. The number of amides is 1. The van der Waals surface area contributed by atoms with E-state index in [0.29, 0.717) is 34.7 Å².